The van der Waals surface area contributed by atoms with Crippen LogP contribution in [-0.4, -0.2) is 16.7 Å². The lowest BCUT2D eigenvalue weighted by Crippen LogP contribution is -2.14. The lowest BCUT2D eigenvalue weighted by molar-refractivity contribution is 0.355. The van der Waals surface area contributed by atoms with Crippen LogP contribution >= 0.6 is 0 Å². The maximum Gasteiger partial charge on any atom is 0.226 e. The van der Waals surface area contributed by atoms with E-state index in [2.05, 4.69) is 29.3 Å². The SMILES string of the molecule is CC(C)Cc1nc(C2CCCN2)no1. The summed E-state index contributed by atoms with van der Waals surface area (Å²) in [4.78, 5) is 4.39. The van der Waals surface area contributed by atoms with Gasteiger partial charge in [0.2, 0.25) is 5.89 Å². The summed E-state index contributed by atoms with van der Waals surface area (Å²) >= 11 is 0. The molecule has 1 saturated heterocycles. The Hall–Kier alpha value is -0.900. The molecule has 1 aromatic heterocycles. The Morgan fingerprint density at radius 3 is 3.07 bits per heavy atom. The highest BCUT2D eigenvalue weighted by Crippen LogP contribution is 2.20. The molecule has 0 amide bonds. The zero-order valence-corrected chi connectivity index (χ0v) is 8.79. The molecule has 2 rings (SSSR count). The van der Waals surface area contributed by atoms with Crippen molar-refractivity contribution >= 4 is 0 Å². The van der Waals surface area contributed by atoms with E-state index in [0.717, 1.165) is 31.1 Å². The predicted molar refractivity (Wildman–Crippen MR) is 52.8 cm³/mol. The zero-order valence-electron chi connectivity index (χ0n) is 8.79. The first kappa shape index (κ1) is 9.65. The van der Waals surface area contributed by atoms with Gasteiger partial charge in [-0.1, -0.05) is 19.0 Å². The molecule has 0 bridgehead atoms. The summed E-state index contributed by atoms with van der Waals surface area (Å²) in [6, 6.07) is 0.319. The molecule has 1 aliphatic rings. The van der Waals surface area contributed by atoms with Crippen LogP contribution in [0.4, 0.5) is 0 Å². The molecule has 1 fully saturated rings. The zero-order chi connectivity index (χ0) is 9.97. The van der Waals surface area contributed by atoms with Crippen molar-refractivity contribution in [1.29, 1.82) is 0 Å². The van der Waals surface area contributed by atoms with Crippen LogP contribution in [0.5, 0.6) is 0 Å². The molecule has 78 valence electrons. The minimum Gasteiger partial charge on any atom is -0.339 e. The van der Waals surface area contributed by atoms with E-state index < -0.39 is 0 Å². The first-order valence-electron chi connectivity index (χ1n) is 5.31. The van der Waals surface area contributed by atoms with Gasteiger partial charge in [0.1, 0.15) is 0 Å². The smallest absolute Gasteiger partial charge is 0.226 e. The van der Waals surface area contributed by atoms with Crippen LogP contribution in [0, 0.1) is 5.92 Å². The highest BCUT2D eigenvalue weighted by Gasteiger charge is 2.21. The van der Waals surface area contributed by atoms with Crippen LogP contribution in [0.3, 0.4) is 0 Å². The predicted octanol–water partition coefficient (Wildman–Crippen LogP) is 1.69. The average Bonchev–Trinajstić information content (AvgIpc) is 2.69. The van der Waals surface area contributed by atoms with Crippen molar-refractivity contribution in [2.45, 2.75) is 39.2 Å². The lowest BCUT2D eigenvalue weighted by atomic mass is 10.1. The molecule has 0 saturated carbocycles. The van der Waals surface area contributed by atoms with Gasteiger partial charge in [0, 0.05) is 6.42 Å². The van der Waals surface area contributed by atoms with Gasteiger partial charge in [-0.15, -0.1) is 0 Å². The first-order chi connectivity index (χ1) is 6.75. The summed E-state index contributed by atoms with van der Waals surface area (Å²) in [6.45, 7) is 5.37. The van der Waals surface area contributed by atoms with Crippen LogP contribution < -0.4 is 5.32 Å². The Balaban J connectivity index is 2.01. The summed E-state index contributed by atoms with van der Waals surface area (Å²) in [6.07, 6.45) is 3.21. The molecule has 1 atom stereocenters. The molecule has 4 nitrogen and oxygen atoms in total. The third kappa shape index (κ3) is 2.12. The molecule has 1 unspecified atom stereocenters. The Kier molecular flexibility index (Phi) is 2.82. The average molecular weight is 195 g/mol. The molecule has 0 aliphatic carbocycles. The Labute approximate surface area is 84.1 Å². The molecule has 1 aromatic rings. The largest absolute Gasteiger partial charge is 0.339 e. The molecular weight excluding hydrogens is 178 g/mol. The van der Waals surface area contributed by atoms with Crippen molar-refractivity contribution < 1.29 is 4.52 Å². The molecular formula is C10H17N3O. The number of nitrogens with zero attached hydrogens (tertiary/aromatic N) is 2. The molecule has 0 spiro atoms. The van der Waals surface area contributed by atoms with Gasteiger partial charge < -0.3 is 9.84 Å². The normalized spacial score (nSPS) is 22.1. The number of aromatic nitrogens is 2. The second kappa shape index (κ2) is 4.09. The molecule has 0 aromatic carbocycles. The van der Waals surface area contributed by atoms with Crippen molar-refractivity contribution in [1.82, 2.24) is 15.5 Å². The third-order valence-corrected chi connectivity index (χ3v) is 2.44. The number of rotatable bonds is 3. The quantitative estimate of drug-likeness (QED) is 0.797. The molecule has 14 heavy (non-hydrogen) atoms. The maximum absolute atomic E-state index is 5.19. The van der Waals surface area contributed by atoms with Crippen LogP contribution in [0.1, 0.15) is 44.4 Å². The monoisotopic (exact) mass is 195 g/mol. The van der Waals surface area contributed by atoms with Gasteiger partial charge in [0.25, 0.3) is 0 Å². The molecule has 1 N–H and O–H groups in total. The molecule has 1 aliphatic heterocycles. The third-order valence-electron chi connectivity index (χ3n) is 2.44. The second-order valence-electron chi connectivity index (χ2n) is 4.29. The fourth-order valence-electron chi connectivity index (χ4n) is 1.75. The van der Waals surface area contributed by atoms with Crippen LogP contribution in [-0.2, 0) is 6.42 Å². The second-order valence-corrected chi connectivity index (χ2v) is 4.29. The Morgan fingerprint density at radius 2 is 2.43 bits per heavy atom. The van der Waals surface area contributed by atoms with E-state index in [1.54, 1.807) is 0 Å². The minimum atomic E-state index is 0.319. The summed E-state index contributed by atoms with van der Waals surface area (Å²) in [7, 11) is 0. The van der Waals surface area contributed by atoms with E-state index in [0.29, 0.717) is 12.0 Å². The molecule has 0 radical (unpaired) electrons. The van der Waals surface area contributed by atoms with Gasteiger partial charge in [-0.25, -0.2) is 0 Å². The van der Waals surface area contributed by atoms with Crippen molar-refractivity contribution in [3.05, 3.63) is 11.7 Å². The number of hydrogen-bond donors (Lipinski definition) is 1. The van der Waals surface area contributed by atoms with Crippen LogP contribution in [0.15, 0.2) is 4.52 Å². The first-order valence-corrected chi connectivity index (χ1v) is 5.31. The summed E-state index contributed by atoms with van der Waals surface area (Å²) in [5.74, 6) is 2.17. The fourth-order valence-corrected chi connectivity index (χ4v) is 1.75. The highest BCUT2D eigenvalue weighted by atomic mass is 16.5. The van der Waals surface area contributed by atoms with E-state index in [1.807, 2.05) is 0 Å². The van der Waals surface area contributed by atoms with Crippen molar-refractivity contribution in [3.63, 3.8) is 0 Å². The number of hydrogen-bond acceptors (Lipinski definition) is 4. The van der Waals surface area contributed by atoms with Gasteiger partial charge in [0.05, 0.1) is 6.04 Å². The maximum atomic E-state index is 5.19. The summed E-state index contributed by atoms with van der Waals surface area (Å²) in [5, 5.41) is 7.36. The van der Waals surface area contributed by atoms with E-state index in [4.69, 9.17) is 4.52 Å². The lowest BCUT2D eigenvalue weighted by Gasteiger charge is -2.01. The Bertz CT molecular complexity index is 289. The van der Waals surface area contributed by atoms with Crippen LogP contribution in [0.2, 0.25) is 0 Å². The number of nitrogens with one attached hydrogen (secondary N) is 1. The van der Waals surface area contributed by atoms with E-state index in [-0.39, 0.29) is 0 Å². The molecule has 2 heterocycles. The van der Waals surface area contributed by atoms with Gasteiger partial charge in [-0.2, -0.15) is 4.98 Å². The summed E-state index contributed by atoms with van der Waals surface area (Å²) < 4.78 is 5.19. The van der Waals surface area contributed by atoms with Crippen LogP contribution in [0.25, 0.3) is 0 Å². The van der Waals surface area contributed by atoms with Gasteiger partial charge in [-0.05, 0) is 25.3 Å². The van der Waals surface area contributed by atoms with E-state index in [1.165, 1.54) is 6.42 Å². The summed E-state index contributed by atoms with van der Waals surface area (Å²) in [5.41, 5.74) is 0. The van der Waals surface area contributed by atoms with Gasteiger partial charge in [0.15, 0.2) is 5.82 Å². The minimum absolute atomic E-state index is 0.319. The topological polar surface area (TPSA) is 51.0 Å². The van der Waals surface area contributed by atoms with Crippen molar-refractivity contribution in [3.8, 4) is 0 Å². The van der Waals surface area contributed by atoms with Crippen molar-refractivity contribution in [2.24, 2.45) is 5.92 Å². The Morgan fingerprint density at radius 1 is 1.57 bits per heavy atom. The van der Waals surface area contributed by atoms with Crippen molar-refractivity contribution in [2.75, 3.05) is 6.54 Å². The van der Waals surface area contributed by atoms with E-state index in [9.17, 15) is 0 Å². The fraction of sp³-hybridized carbons (Fsp3) is 0.800. The standard InChI is InChI=1S/C10H17N3O/c1-7(2)6-9-12-10(13-14-9)8-4-3-5-11-8/h7-8,11H,3-6H2,1-2H3. The van der Waals surface area contributed by atoms with Gasteiger partial charge in [-0.3, -0.25) is 0 Å². The highest BCUT2D eigenvalue weighted by molar-refractivity contribution is 4.96. The van der Waals surface area contributed by atoms with Gasteiger partial charge >= 0.3 is 0 Å². The molecule has 4 heteroatoms. The van der Waals surface area contributed by atoms with E-state index >= 15 is 0 Å².